The van der Waals surface area contributed by atoms with Crippen LogP contribution in [0, 0.1) is 6.92 Å². The highest BCUT2D eigenvalue weighted by Gasteiger charge is 2.07. The van der Waals surface area contributed by atoms with E-state index in [1.54, 1.807) is 18.0 Å². The molecule has 0 aliphatic carbocycles. The fraction of sp³-hybridized carbons (Fsp3) is 0.214. The lowest BCUT2D eigenvalue weighted by atomic mass is 10.2. The monoisotopic (exact) mass is 278 g/mol. The van der Waals surface area contributed by atoms with E-state index in [9.17, 15) is 0 Å². The SMILES string of the molecule is Cc1cccc(CSc2nccc(CN)c2Cl)c1. The first-order chi connectivity index (χ1) is 8.70. The summed E-state index contributed by atoms with van der Waals surface area (Å²) in [5.41, 5.74) is 9.11. The van der Waals surface area contributed by atoms with Crippen molar-refractivity contribution < 1.29 is 0 Å². The summed E-state index contributed by atoms with van der Waals surface area (Å²) in [6, 6.07) is 10.3. The van der Waals surface area contributed by atoms with Crippen LogP contribution in [-0.4, -0.2) is 4.98 Å². The minimum Gasteiger partial charge on any atom is -0.326 e. The van der Waals surface area contributed by atoms with Gasteiger partial charge >= 0.3 is 0 Å². The Morgan fingerprint density at radius 1 is 1.33 bits per heavy atom. The second kappa shape index (κ2) is 6.23. The normalized spacial score (nSPS) is 10.6. The number of pyridine rings is 1. The third kappa shape index (κ3) is 3.25. The van der Waals surface area contributed by atoms with Crippen LogP contribution in [0.4, 0.5) is 0 Å². The van der Waals surface area contributed by atoms with Gasteiger partial charge in [0.25, 0.3) is 0 Å². The average molecular weight is 279 g/mol. The molecule has 2 rings (SSSR count). The highest BCUT2D eigenvalue weighted by atomic mass is 35.5. The number of aryl methyl sites for hydroxylation is 1. The van der Waals surface area contributed by atoms with Crippen LogP contribution in [-0.2, 0) is 12.3 Å². The van der Waals surface area contributed by atoms with Gasteiger partial charge in [-0.2, -0.15) is 0 Å². The molecule has 18 heavy (non-hydrogen) atoms. The van der Waals surface area contributed by atoms with Crippen molar-refractivity contribution in [2.75, 3.05) is 0 Å². The first kappa shape index (κ1) is 13.4. The third-order valence-electron chi connectivity index (χ3n) is 2.62. The highest BCUT2D eigenvalue weighted by molar-refractivity contribution is 7.98. The number of nitrogens with two attached hydrogens (primary N) is 1. The molecule has 0 aliphatic heterocycles. The van der Waals surface area contributed by atoms with E-state index in [-0.39, 0.29) is 0 Å². The molecule has 0 bridgehead atoms. The molecule has 0 amide bonds. The Kier molecular flexibility index (Phi) is 4.64. The van der Waals surface area contributed by atoms with Crippen LogP contribution in [0.15, 0.2) is 41.6 Å². The maximum Gasteiger partial charge on any atom is 0.115 e. The molecule has 94 valence electrons. The zero-order valence-electron chi connectivity index (χ0n) is 10.2. The summed E-state index contributed by atoms with van der Waals surface area (Å²) in [4.78, 5) is 4.30. The summed E-state index contributed by atoms with van der Waals surface area (Å²) in [5.74, 6) is 0.864. The van der Waals surface area contributed by atoms with Crippen molar-refractivity contribution in [3.63, 3.8) is 0 Å². The van der Waals surface area contributed by atoms with E-state index in [4.69, 9.17) is 17.3 Å². The Hall–Kier alpha value is -1.03. The van der Waals surface area contributed by atoms with Crippen molar-refractivity contribution in [2.24, 2.45) is 5.73 Å². The summed E-state index contributed by atoms with van der Waals surface area (Å²) in [6.45, 7) is 2.54. The second-order valence-corrected chi connectivity index (χ2v) is 5.41. The zero-order chi connectivity index (χ0) is 13.0. The van der Waals surface area contributed by atoms with Gasteiger partial charge in [0.05, 0.1) is 5.02 Å². The van der Waals surface area contributed by atoms with Gasteiger partial charge in [-0.3, -0.25) is 0 Å². The van der Waals surface area contributed by atoms with Crippen molar-refractivity contribution >= 4 is 23.4 Å². The molecule has 1 aromatic heterocycles. The van der Waals surface area contributed by atoms with E-state index in [0.717, 1.165) is 16.3 Å². The lowest BCUT2D eigenvalue weighted by molar-refractivity contribution is 1.02. The minimum absolute atomic E-state index is 0.444. The maximum atomic E-state index is 6.24. The zero-order valence-corrected chi connectivity index (χ0v) is 11.8. The molecule has 2 nitrogen and oxygen atoms in total. The standard InChI is InChI=1S/C14H15ClN2S/c1-10-3-2-4-11(7-10)9-18-14-13(15)12(8-16)5-6-17-14/h2-7H,8-9,16H2,1H3. The second-order valence-electron chi connectivity index (χ2n) is 4.07. The molecule has 1 aromatic carbocycles. The molecule has 0 spiro atoms. The molecule has 4 heteroatoms. The number of benzene rings is 1. The van der Waals surface area contributed by atoms with Gasteiger partial charge in [0.15, 0.2) is 0 Å². The molecule has 0 saturated heterocycles. The van der Waals surface area contributed by atoms with Gasteiger partial charge in [0.2, 0.25) is 0 Å². The van der Waals surface area contributed by atoms with Gasteiger partial charge in [-0.25, -0.2) is 4.98 Å². The fourth-order valence-corrected chi connectivity index (χ4v) is 2.90. The summed E-state index contributed by atoms with van der Waals surface area (Å²) in [6.07, 6.45) is 1.76. The highest BCUT2D eigenvalue weighted by Crippen LogP contribution is 2.30. The molecule has 0 radical (unpaired) electrons. The Morgan fingerprint density at radius 3 is 2.89 bits per heavy atom. The number of rotatable bonds is 4. The van der Waals surface area contributed by atoms with Crippen molar-refractivity contribution in [2.45, 2.75) is 24.2 Å². The van der Waals surface area contributed by atoms with Gasteiger partial charge in [0.1, 0.15) is 5.03 Å². The van der Waals surface area contributed by atoms with Crippen LogP contribution in [0.25, 0.3) is 0 Å². The topological polar surface area (TPSA) is 38.9 Å². The Bertz CT molecular complexity index is 543. The van der Waals surface area contributed by atoms with Gasteiger partial charge < -0.3 is 5.73 Å². The van der Waals surface area contributed by atoms with E-state index in [2.05, 4.69) is 36.2 Å². The lowest BCUT2D eigenvalue weighted by Crippen LogP contribution is -1.98. The van der Waals surface area contributed by atoms with Gasteiger partial charge in [-0.05, 0) is 24.1 Å². The van der Waals surface area contributed by atoms with Gasteiger partial charge in [-0.1, -0.05) is 41.4 Å². The predicted octanol–water partition coefficient (Wildman–Crippen LogP) is 3.79. The van der Waals surface area contributed by atoms with Crippen LogP contribution in [0.3, 0.4) is 0 Å². The van der Waals surface area contributed by atoms with Crippen molar-refractivity contribution in [1.82, 2.24) is 4.98 Å². The molecule has 0 fully saturated rings. The number of halogens is 1. The number of hydrogen-bond donors (Lipinski definition) is 1. The molecule has 0 aliphatic rings. The summed E-state index contributed by atoms with van der Waals surface area (Å²) < 4.78 is 0. The van der Waals surface area contributed by atoms with Gasteiger partial charge in [-0.15, -0.1) is 11.8 Å². The smallest absolute Gasteiger partial charge is 0.115 e. The Morgan fingerprint density at radius 2 is 2.17 bits per heavy atom. The van der Waals surface area contributed by atoms with Crippen LogP contribution in [0.1, 0.15) is 16.7 Å². The van der Waals surface area contributed by atoms with E-state index >= 15 is 0 Å². The van der Waals surface area contributed by atoms with E-state index in [0.29, 0.717) is 11.6 Å². The fourth-order valence-electron chi connectivity index (χ4n) is 1.67. The summed E-state index contributed by atoms with van der Waals surface area (Å²) in [7, 11) is 0. The van der Waals surface area contributed by atoms with E-state index in [1.165, 1.54) is 11.1 Å². The lowest BCUT2D eigenvalue weighted by Gasteiger charge is -2.07. The third-order valence-corrected chi connectivity index (χ3v) is 4.21. The first-order valence-corrected chi connectivity index (χ1v) is 7.09. The summed E-state index contributed by atoms with van der Waals surface area (Å²) in [5, 5.41) is 1.53. The van der Waals surface area contributed by atoms with Crippen LogP contribution < -0.4 is 5.73 Å². The molecule has 2 N–H and O–H groups in total. The van der Waals surface area contributed by atoms with Crippen LogP contribution >= 0.6 is 23.4 Å². The largest absolute Gasteiger partial charge is 0.326 e. The van der Waals surface area contributed by atoms with Gasteiger partial charge in [0, 0.05) is 18.5 Å². The molecular weight excluding hydrogens is 264 g/mol. The minimum atomic E-state index is 0.444. The van der Waals surface area contributed by atoms with E-state index < -0.39 is 0 Å². The Balaban J connectivity index is 2.11. The van der Waals surface area contributed by atoms with E-state index in [1.807, 2.05) is 6.07 Å². The number of hydrogen-bond acceptors (Lipinski definition) is 3. The number of nitrogens with zero attached hydrogens (tertiary/aromatic N) is 1. The Labute approximate surface area is 117 Å². The quantitative estimate of drug-likeness (QED) is 0.865. The molecule has 0 unspecified atom stereocenters. The van der Waals surface area contributed by atoms with Crippen LogP contribution in [0.2, 0.25) is 5.02 Å². The average Bonchev–Trinajstić information content (AvgIpc) is 2.38. The molecular formula is C14H15ClN2S. The maximum absolute atomic E-state index is 6.24. The predicted molar refractivity (Wildman–Crippen MR) is 77.9 cm³/mol. The van der Waals surface area contributed by atoms with Crippen LogP contribution in [0.5, 0.6) is 0 Å². The molecule has 1 heterocycles. The first-order valence-electron chi connectivity index (χ1n) is 5.72. The van der Waals surface area contributed by atoms with Crippen molar-refractivity contribution in [3.8, 4) is 0 Å². The summed E-state index contributed by atoms with van der Waals surface area (Å²) >= 11 is 7.88. The molecule has 0 atom stereocenters. The molecule has 0 saturated carbocycles. The number of aromatic nitrogens is 1. The van der Waals surface area contributed by atoms with Crippen molar-refractivity contribution in [3.05, 3.63) is 58.2 Å². The molecule has 2 aromatic rings. The number of thioether (sulfide) groups is 1. The van der Waals surface area contributed by atoms with Crippen molar-refractivity contribution in [1.29, 1.82) is 0 Å².